The minimum Gasteiger partial charge on any atom is -0.480 e. The molecule has 0 saturated carbocycles. The summed E-state index contributed by atoms with van der Waals surface area (Å²) in [5.74, 6) is -1.41. The van der Waals surface area contributed by atoms with Gasteiger partial charge >= 0.3 is 5.97 Å². The zero-order valence-corrected chi connectivity index (χ0v) is 6.03. The summed E-state index contributed by atoms with van der Waals surface area (Å²) in [5.41, 5.74) is 5.31. The zero-order valence-electron chi connectivity index (χ0n) is 6.03. The summed E-state index contributed by atoms with van der Waals surface area (Å²) >= 11 is 0. The third kappa shape index (κ3) is 1.68. The van der Waals surface area contributed by atoms with E-state index in [0.717, 1.165) is 0 Å². The number of rotatable bonds is 2. The first-order valence-corrected chi connectivity index (χ1v) is 3.50. The Hall–Kier alpha value is -0.650. The summed E-state index contributed by atoms with van der Waals surface area (Å²) in [6.45, 7) is 0.917. The molecule has 0 amide bonds. The van der Waals surface area contributed by atoms with Crippen molar-refractivity contribution in [3.63, 3.8) is 0 Å². The van der Waals surface area contributed by atoms with E-state index in [9.17, 15) is 9.90 Å². The van der Waals surface area contributed by atoms with Gasteiger partial charge in [0.25, 0.3) is 0 Å². The predicted molar refractivity (Wildman–Crippen MR) is 38.0 cm³/mol. The number of carboxylic acids is 1. The molecule has 64 valence electrons. The van der Waals surface area contributed by atoms with Crippen LogP contribution in [0.25, 0.3) is 0 Å². The van der Waals surface area contributed by atoms with Gasteiger partial charge < -0.3 is 21.3 Å². The van der Waals surface area contributed by atoms with E-state index < -0.39 is 18.1 Å². The van der Waals surface area contributed by atoms with Crippen LogP contribution in [0.5, 0.6) is 0 Å². The monoisotopic (exact) mass is 160 g/mol. The Morgan fingerprint density at radius 3 is 2.64 bits per heavy atom. The summed E-state index contributed by atoms with van der Waals surface area (Å²) in [6, 6.07) is -0.958. The van der Waals surface area contributed by atoms with Gasteiger partial charge in [-0.3, -0.25) is 4.79 Å². The standard InChI is InChI=1S/C6H12N2O3/c7-5(6(10)11)3-1-8-2-4(3)9/h3-5,8-9H,1-2,7H2,(H,10,11). The van der Waals surface area contributed by atoms with Crippen LogP contribution in [0, 0.1) is 5.92 Å². The molecule has 0 radical (unpaired) electrons. The number of β-amino-alcohol motifs (C(OH)–C–C–N with tert-alkyl or cyclic N) is 1. The Kier molecular flexibility index (Phi) is 2.43. The van der Waals surface area contributed by atoms with Gasteiger partial charge in [-0.1, -0.05) is 0 Å². The number of aliphatic hydroxyl groups excluding tert-OH is 1. The molecule has 5 nitrogen and oxygen atoms in total. The largest absolute Gasteiger partial charge is 0.480 e. The second-order valence-electron chi connectivity index (χ2n) is 2.75. The Balaban J connectivity index is 2.52. The Bertz CT molecular complexity index is 162. The van der Waals surface area contributed by atoms with Crippen LogP contribution in [0.4, 0.5) is 0 Å². The number of carbonyl (C=O) groups is 1. The number of hydrogen-bond acceptors (Lipinski definition) is 4. The molecule has 5 heteroatoms. The first-order chi connectivity index (χ1) is 5.13. The Labute approximate surface area is 64.2 Å². The maximum absolute atomic E-state index is 10.4. The summed E-state index contributed by atoms with van der Waals surface area (Å²) in [5, 5.41) is 20.6. The second kappa shape index (κ2) is 3.17. The van der Waals surface area contributed by atoms with Crippen LogP contribution in [0.3, 0.4) is 0 Å². The molecule has 1 saturated heterocycles. The average Bonchev–Trinajstić information content (AvgIpc) is 2.33. The average molecular weight is 160 g/mol. The molecule has 3 unspecified atom stereocenters. The minimum atomic E-state index is -1.06. The molecular formula is C6H12N2O3. The first-order valence-electron chi connectivity index (χ1n) is 3.50. The van der Waals surface area contributed by atoms with E-state index in [1.165, 1.54) is 0 Å². The van der Waals surface area contributed by atoms with E-state index in [4.69, 9.17) is 10.8 Å². The van der Waals surface area contributed by atoms with Crippen molar-refractivity contribution < 1.29 is 15.0 Å². The summed E-state index contributed by atoms with van der Waals surface area (Å²) < 4.78 is 0. The molecule has 1 rings (SSSR count). The lowest BCUT2D eigenvalue weighted by atomic mass is 9.98. The first kappa shape index (κ1) is 8.45. The fourth-order valence-corrected chi connectivity index (χ4v) is 1.23. The van der Waals surface area contributed by atoms with Crippen LogP contribution in [-0.2, 0) is 4.79 Å². The number of hydrogen-bond donors (Lipinski definition) is 4. The number of nitrogens with one attached hydrogen (secondary N) is 1. The van der Waals surface area contributed by atoms with Gasteiger partial charge in [0, 0.05) is 19.0 Å². The van der Waals surface area contributed by atoms with Crippen LogP contribution < -0.4 is 11.1 Å². The van der Waals surface area contributed by atoms with Gasteiger partial charge in [0.1, 0.15) is 6.04 Å². The lowest BCUT2D eigenvalue weighted by Gasteiger charge is -2.16. The predicted octanol–water partition coefficient (Wildman–Crippen LogP) is -2.02. The molecule has 0 aromatic rings. The molecule has 1 aliphatic rings. The van der Waals surface area contributed by atoms with Crippen LogP contribution >= 0.6 is 0 Å². The molecular weight excluding hydrogens is 148 g/mol. The molecule has 0 spiro atoms. The fraction of sp³-hybridized carbons (Fsp3) is 0.833. The van der Waals surface area contributed by atoms with Crippen molar-refractivity contribution in [1.29, 1.82) is 0 Å². The highest BCUT2D eigenvalue weighted by Crippen LogP contribution is 2.11. The van der Waals surface area contributed by atoms with E-state index in [2.05, 4.69) is 5.32 Å². The molecule has 5 N–H and O–H groups in total. The van der Waals surface area contributed by atoms with Gasteiger partial charge in [-0.15, -0.1) is 0 Å². The molecule has 0 bridgehead atoms. The highest BCUT2D eigenvalue weighted by Gasteiger charge is 2.33. The van der Waals surface area contributed by atoms with E-state index in [1.54, 1.807) is 0 Å². The van der Waals surface area contributed by atoms with Crippen molar-refractivity contribution in [3.05, 3.63) is 0 Å². The van der Waals surface area contributed by atoms with Crippen LogP contribution in [0.2, 0.25) is 0 Å². The van der Waals surface area contributed by atoms with Crippen LogP contribution in [0.15, 0.2) is 0 Å². The number of carboxylic acid groups (broad SMARTS) is 1. The summed E-state index contributed by atoms with van der Waals surface area (Å²) in [7, 11) is 0. The van der Waals surface area contributed by atoms with E-state index >= 15 is 0 Å². The Morgan fingerprint density at radius 2 is 2.27 bits per heavy atom. The summed E-state index contributed by atoms with van der Waals surface area (Å²) in [4.78, 5) is 10.4. The van der Waals surface area contributed by atoms with Gasteiger partial charge in [-0.25, -0.2) is 0 Å². The number of aliphatic hydroxyl groups is 1. The van der Waals surface area contributed by atoms with E-state index in [0.29, 0.717) is 13.1 Å². The van der Waals surface area contributed by atoms with E-state index in [1.807, 2.05) is 0 Å². The zero-order chi connectivity index (χ0) is 8.43. The molecule has 0 aromatic heterocycles. The number of aliphatic carboxylic acids is 1. The van der Waals surface area contributed by atoms with E-state index in [-0.39, 0.29) is 5.92 Å². The van der Waals surface area contributed by atoms with Crippen LogP contribution in [0.1, 0.15) is 0 Å². The molecule has 1 aliphatic heterocycles. The normalized spacial score (nSPS) is 33.6. The summed E-state index contributed by atoms with van der Waals surface area (Å²) in [6.07, 6.45) is -0.624. The second-order valence-corrected chi connectivity index (χ2v) is 2.75. The minimum absolute atomic E-state index is 0.354. The number of nitrogens with two attached hydrogens (primary N) is 1. The topological polar surface area (TPSA) is 95.6 Å². The Morgan fingerprint density at radius 1 is 1.64 bits per heavy atom. The van der Waals surface area contributed by atoms with Gasteiger partial charge in [0.15, 0.2) is 0 Å². The lowest BCUT2D eigenvalue weighted by molar-refractivity contribution is -0.140. The van der Waals surface area contributed by atoms with Crippen molar-refractivity contribution >= 4 is 5.97 Å². The van der Waals surface area contributed by atoms with Crippen molar-refractivity contribution in [2.24, 2.45) is 11.7 Å². The lowest BCUT2D eigenvalue weighted by Crippen LogP contribution is -2.43. The highest BCUT2D eigenvalue weighted by molar-refractivity contribution is 5.73. The third-order valence-corrected chi connectivity index (χ3v) is 1.97. The maximum Gasteiger partial charge on any atom is 0.320 e. The fourth-order valence-electron chi connectivity index (χ4n) is 1.23. The van der Waals surface area contributed by atoms with Crippen molar-refractivity contribution in [1.82, 2.24) is 5.32 Å². The van der Waals surface area contributed by atoms with Gasteiger partial charge in [0.2, 0.25) is 0 Å². The van der Waals surface area contributed by atoms with Gasteiger partial charge in [0.05, 0.1) is 6.10 Å². The molecule has 1 fully saturated rings. The third-order valence-electron chi connectivity index (χ3n) is 1.97. The van der Waals surface area contributed by atoms with Crippen LogP contribution in [-0.4, -0.2) is 41.4 Å². The molecule has 3 atom stereocenters. The SMILES string of the molecule is NC(C(=O)O)C1CNCC1O. The van der Waals surface area contributed by atoms with Crippen molar-refractivity contribution in [2.45, 2.75) is 12.1 Å². The van der Waals surface area contributed by atoms with Crippen molar-refractivity contribution in [3.8, 4) is 0 Å². The molecule has 1 heterocycles. The molecule has 0 aromatic carbocycles. The van der Waals surface area contributed by atoms with Gasteiger partial charge in [-0.05, 0) is 0 Å². The highest BCUT2D eigenvalue weighted by atomic mass is 16.4. The van der Waals surface area contributed by atoms with Crippen molar-refractivity contribution in [2.75, 3.05) is 13.1 Å². The molecule has 0 aliphatic carbocycles. The molecule has 11 heavy (non-hydrogen) atoms. The van der Waals surface area contributed by atoms with Gasteiger partial charge in [-0.2, -0.15) is 0 Å². The maximum atomic E-state index is 10.4. The smallest absolute Gasteiger partial charge is 0.320 e. The quantitative estimate of drug-likeness (QED) is 0.374.